The fraction of sp³-hybridized carbons (Fsp3) is 0.412. The van der Waals surface area contributed by atoms with Gasteiger partial charge in [-0.3, -0.25) is 9.59 Å². The van der Waals surface area contributed by atoms with Crippen molar-refractivity contribution in [3.63, 3.8) is 0 Å². The number of carbonyl (C=O) groups excluding carboxylic acids is 1. The molecule has 0 bridgehead atoms. The van der Waals surface area contributed by atoms with Gasteiger partial charge in [0.1, 0.15) is 6.54 Å². The number of para-hydroxylation sites is 1. The summed E-state index contributed by atoms with van der Waals surface area (Å²) in [7, 11) is 0. The second-order valence-electron chi connectivity index (χ2n) is 6.09. The van der Waals surface area contributed by atoms with E-state index in [9.17, 15) is 9.59 Å². The van der Waals surface area contributed by atoms with Gasteiger partial charge < -0.3 is 14.8 Å². The number of amides is 1. The van der Waals surface area contributed by atoms with Crippen molar-refractivity contribution in [3.05, 3.63) is 46.8 Å². The fourth-order valence-electron chi connectivity index (χ4n) is 3.17. The Bertz CT molecular complexity index is 743. The summed E-state index contributed by atoms with van der Waals surface area (Å²) in [6.45, 7) is 5.89. The lowest BCUT2D eigenvalue weighted by Crippen LogP contribution is -2.56. The zero-order valence-electron chi connectivity index (χ0n) is 13.0. The lowest BCUT2D eigenvalue weighted by atomic mass is 10.1. The van der Waals surface area contributed by atoms with Crippen LogP contribution in [0.25, 0.3) is 10.9 Å². The van der Waals surface area contributed by atoms with Crippen molar-refractivity contribution in [1.29, 1.82) is 0 Å². The van der Waals surface area contributed by atoms with E-state index in [1.165, 1.54) is 6.07 Å². The highest BCUT2D eigenvalue weighted by atomic mass is 16.2. The van der Waals surface area contributed by atoms with Crippen LogP contribution in [0.15, 0.2) is 41.3 Å². The van der Waals surface area contributed by atoms with E-state index in [-0.39, 0.29) is 17.9 Å². The third kappa shape index (κ3) is 2.90. The van der Waals surface area contributed by atoms with Gasteiger partial charge in [-0.15, -0.1) is 0 Å². The number of nitrogens with zero attached hydrogens (tertiary/aromatic N) is 2. The molecule has 0 saturated carbocycles. The first-order valence-electron chi connectivity index (χ1n) is 7.66. The first kappa shape index (κ1) is 14.8. The molecule has 1 aromatic carbocycles. The number of carbonyl (C=O) groups is 1. The molecule has 116 valence electrons. The highest BCUT2D eigenvalue weighted by Crippen LogP contribution is 2.11. The Morgan fingerprint density at radius 1 is 1.18 bits per heavy atom. The minimum absolute atomic E-state index is 0.0104. The number of benzene rings is 1. The number of aromatic nitrogens is 1. The average molecular weight is 299 g/mol. The van der Waals surface area contributed by atoms with Crippen LogP contribution in [-0.4, -0.2) is 40.5 Å². The maximum atomic E-state index is 12.6. The molecule has 22 heavy (non-hydrogen) atoms. The van der Waals surface area contributed by atoms with Gasteiger partial charge in [0.05, 0.1) is 5.52 Å². The second-order valence-corrected chi connectivity index (χ2v) is 6.09. The van der Waals surface area contributed by atoms with Crippen LogP contribution in [0.5, 0.6) is 0 Å². The van der Waals surface area contributed by atoms with Gasteiger partial charge in [-0.05, 0) is 26.0 Å². The van der Waals surface area contributed by atoms with Crippen LogP contribution < -0.4 is 10.7 Å². The summed E-state index contributed by atoms with van der Waals surface area (Å²) >= 11 is 0. The van der Waals surface area contributed by atoms with Crippen molar-refractivity contribution in [2.75, 3.05) is 13.1 Å². The quantitative estimate of drug-likeness (QED) is 0.907. The Balaban J connectivity index is 1.86. The van der Waals surface area contributed by atoms with Crippen LogP contribution >= 0.6 is 0 Å². The van der Waals surface area contributed by atoms with Gasteiger partial charge in [-0.1, -0.05) is 12.1 Å². The highest BCUT2D eigenvalue weighted by Gasteiger charge is 2.24. The van der Waals surface area contributed by atoms with Crippen molar-refractivity contribution in [3.8, 4) is 0 Å². The molecule has 0 spiro atoms. The zero-order chi connectivity index (χ0) is 15.7. The summed E-state index contributed by atoms with van der Waals surface area (Å²) in [5.74, 6) is 0.0917. The second kappa shape index (κ2) is 5.93. The molecule has 0 unspecified atom stereocenters. The predicted molar refractivity (Wildman–Crippen MR) is 86.8 cm³/mol. The Morgan fingerprint density at radius 3 is 2.59 bits per heavy atom. The summed E-state index contributed by atoms with van der Waals surface area (Å²) in [4.78, 5) is 26.4. The van der Waals surface area contributed by atoms with E-state index >= 15 is 0 Å². The summed E-state index contributed by atoms with van der Waals surface area (Å²) in [6, 6.07) is 9.55. The summed E-state index contributed by atoms with van der Waals surface area (Å²) in [5.41, 5.74) is 0.795. The molecule has 5 nitrogen and oxygen atoms in total. The minimum Gasteiger partial charge on any atom is -0.338 e. The lowest BCUT2D eigenvalue weighted by Gasteiger charge is -2.36. The van der Waals surface area contributed by atoms with Crippen LogP contribution in [-0.2, 0) is 11.3 Å². The van der Waals surface area contributed by atoms with Crippen LogP contribution in [0.2, 0.25) is 0 Å². The van der Waals surface area contributed by atoms with E-state index < -0.39 is 0 Å². The van der Waals surface area contributed by atoms with Crippen LogP contribution in [0, 0.1) is 0 Å². The first-order valence-corrected chi connectivity index (χ1v) is 7.66. The van der Waals surface area contributed by atoms with E-state index in [1.807, 2.05) is 27.7 Å². The van der Waals surface area contributed by atoms with E-state index in [4.69, 9.17) is 0 Å². The number of hydrogen-bond acceptors (Lipinski definition) is 3. The third-order valence-electron chi connectivity index (χ3n) is 4.10. The van der Waals surface area contributed by atoms with Crippen LogP contribution in [0.3, 0.4) is 0 Å². The van der Waals surface area contributed by atoms with Gasteiger partial charge in [-0.2, -0.15) is 0 Å². The SMILES string of the molecule is C[C@H]1CN(C(=O)Cn2ccc(=O)c3ccccc32)C[C@H](C)N1. The van der Waals surface area contributed by atoms with Crippen molar-refractivity contribution < 1.29 is 4.79 Å². The van der Waals surface area contributed by atoms with Crippen molar-refractivity contribution >= 4 is 16.8 Å². The van der Waals surface area contributed by atoms with Gasteiger partial charge in [0.15, 0.2) is 5.43 Å². The average Bonchev–Trinajstić information content (AvgIpc) is 2.49. The van der Waals surface area contributed by atoms with Crippen molar-refractivity contribution in [1.82, 2.24) is 14.8 Å². The summed E-state index contributed by atoms with van der Waals surface area (Å²) < 4.78 is 1.86. The standard InChI is InChI=1S/C17H21N3O2/c1-12-9-20(10-13(2)18-12)17(22)11-19-8-7-16(21)14-5-3-4-6-15(14)19/h3-8,12-13,18H,9-11H2,1-2H3/t12-,13-/m0/s1. The minimum atomic E-state index is -0.0104. The topological polar surface area (TPSA) is 54.3 Å². The molecule has 3 rings (SSSR count). The number of hydrogen-bond donors (Lipinski definition) is 1. The molecule has 2 aromatic rings. The Kier molecular flexibility index (Phi) is 3.98. The molecule has 1 fully saturated rings. The molecule has 1 aliphatic rings. The number of fused-ring (bicyclic) bond motifs is 1. The summed E-state index contributed by atoms with van der Waals surface area (Å²) in [5, 5.41) is 4.08. The van der Waals surface area contributed by atoms with Crippen LogP contribution in [0.1, 0.15) is 13.8 Å². The molecule has 0 aliphatic carbocycles. The molecule has 2 heterocycles. The largest absolute Gasteiger partial charge is 0.338 e. The van der Waals surface area contributed by atoms with E-state index in [0.717, 1.165) is 18.6 Å². The number of nitrogens with one attached hydrogen (secondary N) is 1. The Labute approximate surface area is 129 Å². The van der Waals surface area contributed by atoms with Gasteiger partial charge in [0.25, 0.3) is 0 Å². The molecule has 1 aliphatic heterocycles. The molecule has 1 N–H and O–H groups in total. The summed E-state index contributed by atoms with van der Waals surface area (Å²) in [6.07, 6.45) is 1.71. The van der Waals surface area contributed by atoms with Gasteiger partial charge >= 0.3 is 0 Å². The Morgan fingerprint density at radius 2 is 1.86 bits per heavy atom. The maximum absolute atomic E-state index is 12.6. The predicted octanol–water partition coefficient (Wildman–Crippen LogP) is 1.21. The monoisotopic (exact) mass is 299 g/mol. The maximum Gasteiger partial charge on any atom is 0.242 e. The molecule has 5 heteroatoms. The lowest BCUT2D eigenvalue weighted by molar-refractivity contribution is -0.133. The molecule has 1 aromatic heterocycles. The van der Waals surface area contributed by atoms with Gasteiger partial charge in [0.2, 0.25) is 5.91 Å². The molecular formula is C17H21N3O2. The van der Waals surface area contributed by atoms with Crippen molar-refractivity contribution in [2.24, 2.45) is 0 Å². The smallest absolute Gasteiger partial charge is 0.242 e. The molecule has 0 radical (unpaired) electrons. The number of piperazine rings is 1. The van der Waals surface area contributed by atoms with Crippen LogP contribution in [0.4, 0.5) is 0 Å². The van der Waals surface area contributed by atoms with E-state index in [0.29, 0.717) is 17.5 Å². The normalized spacial score (nSPS) is 22.0. The Hall–Kier alpha value is -2.14. The number of rotatable bonds is 2. The first-order chi connectivity index (χ1) is 10.5. The molecular weight excluding hydrogens is 278 g/mol. The van der Waals surface area contributed by atoms with Gasteiger partial charge in [-0.25, -0.2) is 0 Å². The zero-order valence-corrected chi connectivity index (χ0v) is 13.0. The fourth-order valence-corrected chi connectivity index (χ4v) is 3.17. The van der Waals surface area contributed by atoms with Crippen molar-refractivity contribution in [2.45, 2.75) is 32.5 Å². The van der Waals surface area contributed by atoms with E-state index in [1.54, 1.807) is 12.3 Å². The third-order valence-corrected chi connectivity index (χ3v) is 4.10. The molecule has 2 atom stereocenters. The highest BCUT2D eigenvalue weighted by molar-refractivity contribution is 5.82. The van der Waals surface area contributed by atoms with Gasteiger partial charge in [0, 0.05) is 42.8 Å². The molecule has 1 amide bonds. The molecule has 1 saturated heterocycles. The van der Waals surface area contributed by atoms with E-state index in [2.05, 4.69) is 19.2 Å². The number of pyridine rings is 1.